The van der Waals surface area contributed by atoms with Crippen molar-refractivity contribution in [1.82, 2.24) is 0 Å². The summed E-state index contributed by atoms with van der Waals surface area (Å²) in [5.41, 5.74) is 4.15. The molecule has 0 unspecified atom stereocenters. The molecule has 4 nitrogen and oxygen atoms in total. The van der Waals surface area contributed by atoms with E-state index in [1.54, 1.807) is 18.2 Å². The van der Waals surface area contributed by atoms with Gasteiger partial charge in [0.25, 0.3) is 5.91 Å². The van der Waals surface area contributed by atoms with Crippen molar-refractivity contribution in [2.45, 2.75) is 20.5 Å². The predicted molar refractivity (Wildman–Crippen MR) is 138 cm³/mol. The molecule has 1 amide bonds. The van der Waals surface area contributed by atoms with Gasteiger partial charge in [0.2, 0.25) is 0 Å². The van der Waals surface area contributed by atoms with Crippen LogP contribution in [0.5, 0.6) is 5.75 Å². The Balaban J connectivity index is 1.61. The largest absolute Gasteiger partial charge is 0.488 e. The van der Waals surface area contributed by atoms with E-state index in [0.717, 1.165) is 27.5 Å². The van der Waals surface area contributed by atoms with Crippen LogP contribution in [0.2, 0.25) is 5.02 Å². The van der Waals surface area contributed by atoms with Crippen LogP contribution in [0, 0.1) is 25.2 Å². The third kappa shape index (κ3) is 5.28. The summed E-state index contributed by atoms with van der Waals surface area (Å²) in [7, 11) is 0. The summed E-state index contributed by atoms with van der Waals surface area (Å²) in [6.45, 7) is 4.18. The monoisotopic (exact) mass is 466 g/mol. The zero-order valence-electron chi connectivity index (χ0n) is 18.9. The van der Waals surface area contributed by atoms with Gasteiger partial charge in [-0.25, -0.2) is 0 Å². The van der Waals surface area contributed by atoms with Gasteiger partial charge >= 0.3 is 0 Å². The van der Waals surface area contributed by atoms with E-state index in [-0.39, 0.29) is 5.57 Å². The topological polar surface area (TPSA) is 62.1 Å². The maximum Gasteiger partial charge on any atom is 0.266 e. The van der Waals surface area contributed by atoms with E-state index in [9.17, 15) is 10.1 Å². The number of carbonyl (C=O) groups excluding carboxylic acids is 1. The number of nitrogens with one attached hydrogen (secondary N) is 1. The summed E-state index contributed by atoms with van der Waals surface area (Å²) in [6, 6.07) is 27.1. The van der Waals surface area contributed by atoms with Crippen LogP contribution < -0.4 is 10.1 Å². The molecule has 1 N–H and O–H groups in total. The molecule has 0 fully saturated rings. The molecule has 0 aromatic heterocycles. The van der Waals surface area contributed by atoms with Crippen LogP contribution in [0.25, 0.3) is 16.8 Å². The number of rotatable bonds is 6. The fourth-order valence-corrected chi connectivity index (χ4v) is 3.88. The number of amides is 1. The lowest BCUT2D eigenvalue weighted by Crippen LogP contribution is -2.14. The van der Waals surface area contributed by atoms with Crippen molar-refractivity contribution in [2.75, 3.05) is 5.32 Å². The Bertz CT molecular complexity index is 1450. The molecular formula is C29H23ClN2O2. The van der Waals surface area contributed by atoms with Crippen molar-refractivity contribution in [2.24, 2.45) is 0 Å². The second-order valence-electron chi connectivity index (χ2n) is 8.05. The Morgan fingerprint density at radius 3 is 2.65 bits per heavy atom. The minimum atomic E-state index is -0.490. The Labute approximate surface area is 204 Å². The molecule has 4 rings (SSSR count). The smallest absolute Gasteiger partial charge is 0.266 e. The van der Waals surface area contributed by atoms with Gasteiger partial charge in [0.05, 0.1) is 0 Å². The number of ether oxygens (including phenoxy) is 1. The highest BCUT2D eigenvalue weighted by molar-refractivity contribution is 6.30. The molecule has 0 aliphatic rings. The number of nitrogens with zero attached hydrogens (tertiary/aromatic N) is 1. The average molecular weight is 467 g/mol. The van der Waals surface area contributed by atoms with E-state index in [1.165, 1.54) is 6.08 Å². The Hall–Kier alpha value is -4.07. The van der Waals surface area contributed by atoms with Crippen molar-refractivity contribution in [3.8, 4) is 11.8 Å². The quantitative estimate of drug-likeness (QED) is 0.241. The summed E-state index contributed by atoms with van der Waals surface area (Å²) in [4.78, 5) is 12.9. The van der Waals surface area contributed by atoms with E-state index in [1.807, 2.05) is 62.4 Å². The van der Waals surface area contributed by atoms with Gasteiger partial charge < -0.3 is 10.1 Å². The summed E-state index contributed by atoms with van der Waals surface area (Å²) in [5.74, 6) is 0.0424. The first-order valence-corrected chi connectivity index (χ1v) is 11.2. The first-order chi connectivity index (χ1) is 16.4. The van der Waals surface area contributed by atoms with Crippen LogP contribution in [-0.2, 0) is 11.4 Å². The van der Waals surface area contributed by atoms with Gasteiger partial charge in [0, 0.05) is 16.3 Å². The molecule has 5 heteroatoms. The molecule has 0 atom stereocenters. The van der Waals surface area contributed by atoms with Gasteiger partial charge in [-0.1, -0.05) is 66.2 Å². The zero-order chi connectivity index (χ0) is 24.1. The van der Waals surface area contributed by atoms with Crippen molar-refractivity contribution >= 4 is 40.0 Å². The van der Waals surface area contributed by atoms with Crippen molar-refractivity contribution in [3.63, 3.8) is 0 Å². The summed E-state index contributed by atoms with van der Waals surface area (Å²) >= 11 is 6.22. The van der Waals surface area contributed by atoms with E-state index in [0.29, 0.717) is 28.6 Å². The highest BCUT2D eigenvalue weighted by atomic mass is 35.5. The van der Waals surface area contributed by atoms with Gasteiger partial charge in [-0.15, -0.1) is 0 Å². The normalized spacial score (nSPS) is 11.2. The minimum Gasteiger partial charge on any atom is -0.488 e. The fourth-order valence-electron chi connectivity index (χ4n) is 3.70. The molecule has 0 saturated heterocycles. The number of anilines is 1. The lowest BCUT2D eigenvalue weighted by molar-refractivity contribution is -0.112. The van der Waals surface area contributed by atoms with Gasteiger partial charge in [-0.2, -0.15) is 5.26 Å². The molecule has 168 valence electrons. The highest BCUT2D eigenvalue weighted by Gasteiger charge is 2.13. The zero-order valence-corrected chi connectivity index (χ0v) is 19.7. The highest BCUT2D eigenvalue weighted by Crippen LogP contribution is 2.28. The van der Waals surface area contributed by atoms with Crippen molar-refractivity contribution in [1.29, 1.82) is 5.26 Å². The van der Waals surface area contributed by atoms with Gasteiger partial charge in [0.1, 0.15) is 24.0 Å². The molecule has 0 heterocycles. The summed E-state index contributed by atoms with van der Waals surface area (Å²) < 4.78 is 6.12. The van der Waals surface area contributed by atoms with Crippen molar-refractivity contribution < 1.29 is 9.53 Å². The van der Waals surface area contributed by atoms with Crippen LogP contribution in [0.3, 0.4) is 0 Å². The Kier molecular flexibility index (Phi) is 6.96. The van der Waals surface area contributed by atoms with Gasteiger partial charge in [0.15, 0.2) is 0 Å². The molecule has 34 heavy (non-hydrogen) atoms. The lowest BCUT2D eigenvalue weighted by atomic mass is 10.1. The van der Waals surface area contributed by atoms with Crippen molar-refractivity contribution in [3.05, 3.63) is 112 Å². The number of fused-ring (bicyclic) bond motifs is 1. The van der Waals surface area contributed by atoms with E-state index >= 15 is 0 Å². The molecule has 4 aromatic rings. The number of carbonyl (C=O) groups is 1. The van der Waals surface area contributed by atoms with E-state index < -0.39 is 5.91 Å². The maximum atomic E-state index is 12.9. The molecule has 4 aromatic carbocycles. The summed E-state index contributed by atoms with van der Waals surface area (Å²) in [6.07, 6.45) is 1.50. The summed E-state index contributed by atoms with van der Waals surface area (Å²) in [5, 5.41) is 15.3. The number of benzene rings is 4. The molecule has 0 aliphatic carbocycles. The average Bonchev–Trinajstić information content (AvgIpc) is 2.84. The maximum absolute atomic E-state index is 12.9. The Morgan fingerprint density at radius 2 is 1.82 bits per heavy atom. The van der Waals surface area contributed by atoms with E-state index in [4.69, 9.17) is 16.3 Å². The number of nitriles is 1. The molecule has 0 aliphatic heterocycles. The number of hydrogen-bond acceptors (Lipinski definition) is 3. The number of hydrogen-bond donors (Lipinski definition) is 1. The molecular weight excluding hydrogens is 444 g/mol. The molecule has 0 saturated carbocycles. The third-order valence-corrected chi connectivity index (χ3v) is 5.78. The second kappa shape index (κ2) is 10.2. The van der Waals surface area contributed by atoms with Crippen LogP contribution >= 0.6 is 11.6 Å². The van der Waals surface area contributed by atoms with Gasteiger partial charge in [-0.3, -0.25) is 4.79 Å². The molecule has 0 bridgehead atoms. The van der Waals surface area contributed by atoms with Gasteiger partial charge in [-0.05, 0) is 71.7 Å². The number of halogens is 1. The van der Waals surface area contributed by atoms with Crippen LogP contribution in [0.15, 0.2) is 84.4 Å². The van der Waals surface area contributed by atoms with Crippen LogP contribution in [0.1, 0.15) is 22.3 Å². The van der Waals surface area contributed by atoms with Crippen LogP contribution in [0.4, 0.5) is 5.69 Å². The first kappa shape index (κ1) is 23.1. The van der Waals surface area contributed by atoms with E-state index in [2.05, 4.69) is 23.5 Å². The minimum absolute atomic E-state index is 0.0433. The lowest BCUT2D eigenvalue weighted by Gasteiger charge is -2.12. The fraction of sp³-hybridized carbons (Fsp3) is 0.103. The number of aryl methyl sites for hydroxylation is 2. The third-order valence-electron chi connectivity index (χ3n) is 5.54. The SMILES string of the molecule is Cc1ccc(C)c(NC(=O)/C(C#N)=C/c2cc(Cl)ccc2OCc2cccc3ccccc23)c1. The van der Waals surface area contributed by atoms with Crippen LogP contribution in [-0.4, -0.2) is 5.91 Å². The standard InChI is InChI=1S/C29H23ClN2O2/c1-19-10-11-20(2)27(14-19)32-29(33)24(17-31)15-23-16-25(30)12-13-28(23)34-18-22-8-5-7-21-6-3-4-9-26(21)22/h3-16H,18H2,1-2H3,(H,32,33)/b24-15+. The predicted octanol–water partition coefficient (Wildman–Crippen LogP) is 7.23. The molecule has 0 radical (unpaired) electrons. The molecule has 0 spiro atoms. The first-order valence-electron chi connectivity index (χ1n) is 10.8. The Morgan fingerprint density at radius 1 is 1.03 bits per heavy atom. The second-order valence-corrected chi connectivity index (χ2v) is 8.49.